The Bertz CT molecular complexity index is 1220. The van der Waals surface area contributed by atoms with Crippen molar-refractivity contribution in [2.45, 2.75) is 4.90 Å². The van der Waals surface area contributed by atoms with Gasteiger partial charge in [0, 0.05) is 36.0 Å². The highest BCUT2D eigenvalue weighted by Crippen LogP contribution is 2.36. The van der Waals surface area contributed by atoms with Gasteiger partial charge in [-0.3, -0.25) is 4.40 Å². The number of hydrogen-bond acceptors (Lipinski definition) is 6. The van der Waals surface area contributed by atoms with Crippen LogP contribution in [0.2, 0.25) is 0 Å². The minimum absolute atomic E-state index is 0.581. The number of imidazole rings is 1. The maximum Gasteiger partial charge on any atom is 0.217 e. The van der Waals surface area contributed by atoms with Gasteiger partial charge in [-0.2, -0.15) is 0 Å². The summed E-state index contributed by atoms with van der Waals surface area (Å²) in [5, 5.41) is 0. The fraction of sp³-hybridized carbons (Fsp3) is 0.174. The Balaban J connectivity index is 1.97. The van der Waals surface area contributed by atoms with E-state index in [9.17, 15) is 4.55 Å². The summed E-state index contributed by atoms with van der Waals surface area (Å²) in [6, 6.07) is 15.3. The lowest BCUT2D eigenvalue weighted by atomic mass is 10.1. The van der Waals surface area contributed by atoms with Crippen molar-refractivity contribution in [2.24, 2.45) is 0 Å². The molecule has 160 valence electrons. The molecule has 0 saturated heterocycles. The number of ether oxygens (including phenoxy) is 3. The lowest BCUT2D eigenvalue weighted by molar-refractivity contribution is 0.355. The first-order valence-corrected chi connectivity index (χ1v) is 10.7. The zero-order valence-corrected chi connectivity index (χ0v) is 18.5. The quantitative estimate of drug-likeness (QED) is 0.441. The summed E-state index contributed by atoms with van der Waals surface area (Å²) in [6.45, 7) is 0. The Kier molecular flexibility index (Phi) is 6.03. The molecule has 2 aromatic carbocycles. The molecule has 1 atom stereocenters. The minimum Gasteiger partial charge on any atom is -0.593 e. The van der Waals surface area contributed by atoms with Gasteiger partial charge in [-0.05, 0) is 24.3 Å². The molecule has 0 saturated carbocycles. The van der Waals surface area contributed by atoms with Gasteiger partial charge >= 0.3 is 0 Å². The lowest BCUT2D eigenvalue weighted by Crippen LogP contribution is -2.19. The van der Waals surface area contributed by atoms with E-state index in [0.717, 1.165) is 28.1 Å². The molecule has 31 heavy (non-hydrogen) atoms. The fourth-order valence-corrected chi connectivity index (χ4v) is 4.31. The molecule has 0 fully saturated rings. The summed E-state index contributed by atoms with van der Waals surface area (Å²) < 4.78 is 33.9. The Labute approximate surface area is 183 Å². The highest BCUT2D eigenvalue weighted by molar-refractivity contribution is 7.89. The third kappa shape index (κ3) is 3.81. The molecule has 0 spiro atoms. The molecule has 0 aliphatic heterocycles. The van der Waals surface area contributed by atoms with Crippen molar-refractivity contribution in [2.75, 3.05) is 28.4 Å². The van der Waals surface area contributed by atoms with Gasteiger partial charge in [0.1, 0.15) is 5.75 Å². The summed E-state index contributed by atoms with van der Waals surface area (Å²) in [4.78, 5) is 5.15. The van der Waals surface area contributed by atoms with Gasteiger partial charge in [0.15, 0.2) is 17.1 Å². The van der Waals surface area contributed by atoms with Crippen molar-refractivity contribution in [1.29, 1.82) is 0 Å². The van der Waals surface area contributed by atoms with Gasteiger partial charge in [-0.25, -0.2) is 4.98 Å². The Hall–Kier alpha value is -3.20. The Morgan fingerprint density at radius 2 is 1.65 bits per heavy atom. The molecule has 0 aliphatic rings. The lowest BCUT2D eigenvalue weighted by Gasteiger charge is -2.14. The van der Waals surface area contributed by atoms with Crippen LogP contribution in [-0.2, 0) is 11.4 Å². The number of rotatable bonds is 7. The molecule has 8 heteroatoms. The molecule has 1 N–H and O–H groups in total. The van der Waals surface area contributed by atoms with Crippen LogP contribution in [0, 0.1) is 0 Å². The van der Waals surface area contributed by atoms with E-state index in [1.165, 1.54) is 0 Å². The number of para-hydroxylation sites is 1. The van der Waals surface area contributed by atoms with Crippen LogP contribution in [0.3, 0.4) is 0 Å². The topological polar surface area (TPSA) is 80.1 Å². The van der Waals surface area contributed by atoms with Gasteiger partial charge in [-0.1, -0.05) is 18.2 Å². The zero-order valence-electron chi connectivity index (χ0n) is 17.7. The molecule has 4 aromatic rings. The molecule has 0 amide bonds. The van der Waals surface area contributed by atoms with E-state index in [4.69, 9.17) is 14.2 Å². The van der Waals surface area contributed by atoms with E-state index < -0.39 is 11.4 Å². The zero-order chi connectivity index (χ0) is 22.0. The minimum atomic E-state index is -1.43. The van der Waals surface area contributed by atoms with E-state index in [1.54, 1.807) is 34.6 Å². The van der Waals surface area contributed by atoms with Crippen LogP contribution in [0.1, 0.15) is 0 Å². The predicted octanol–water partition coefficient (Wildman–Crippen LogP) is 3.94. The van der Waals surface area contributed by atoms with E-state index in [0.29, 0.717) is 22.0 Å². The average Bonchev–Trinajstić information content (AvgIpc) is 3.26. The SMILES string of the molecule is CN[S+]([O-])c1cc(-c2ccccc2OC)cn2c(-c3ccc(OC)c(OC)c3)cnc12. The summed E-state index contributed by atoms with van der Waals surface area (Å²) in [7, 11) is 6.49. The van der Waals surface area contributed by atoms with Crippen molar-refractivity contribution in [1.82, 2.24) is 14.1 Å². The Morgan fingerprint density at radius 1 is 0.903 bits per heavy atom. The number of methoxy groups -OCH3 is 3. The maximum absolute atomic E-state index is 12.8. The van der Waals surface area contributed by atoms with Crippen LogP contribution in [0.5, 0.6) is 17.2 Å². The number of hydrogen-bond donors (Lipinski definition) is 1. The van der Waals surface area contributed by atoms with Crippen LogP contribution < -0.4 is 18.9 Å². The second-order valence-electron chi connectivity index (χ2n) is 6.67. The molecule has 7 nitrogen and oxygen atoms in total. The molecule has 2 aromatic heterocycles. The van der Waals surface area contributed by atoms with Crippen molar-refractivity contribution in [3.8, 4) is 39.6 Å². The average molecular weight is 438 g/mol. The van der Waals surface area contributed by atoms with E-state index in [2.05, 4.69) is 9.71 Å². The first-order chi connectivity index (χ1) is 15.1. The summed E-state index contributed by atoms with van der Waals surface area (Å²) in [6.07, 6.45) is 3.74. The number of nitrogens with zero attached hydrogens (tertiary/aromatic N) is 2. The highest BCUT2D eigenvalue weighted by Gasteiger charge is 2.22. The second-order valence-corrected chi connectivity index (χ2v) is 8.06. The summed E-state index contributed by atoms with van der Waals surface area (Å²) in [5.74, 6) is 2.00. The van der Waals surface area contributed by atoms with Crippen LogP contribution in [0.4, 0.5) is 0 Å². The Morgan fingerprint density at radius 3 is 2.35 bits per heavy atom. The monoisotopic (exact) mass is 437 g/mol. The molecule has 0 aliphatic carbocycles. The third-order valence-electron chi connectivity index (χ3n) is 5.05. The molecular formula is C23H23N3O4S. The van der Waals surface area contributed by atoms with Gasteiger partial charge in [0.25, 0.3) is 0 Å². The second kappa shape index (κ2) is 8.89. The standard InChI is InChI=1S/C23H23N3O4S/c1-24-31(27)22-12-16(17-7-5-6-8-19(17)28-2)14-26-18(13-25-23(22)26)15-9-10-20(29-3)21(11-15)30-4/h5-14,24H,1-4H3. The number of pyridine rings is 1. The highest BCUT2D eigenvalue weighted by atomic mass is 32.2. The largest absolute Gasteiger partial charge is 0.593 e. The smallest absolute Gasteiger partial charge is 0.217 e. The van der Waals surface area contributed by atoms with Crippen LogP contribution in [0.15, 0.2) is 65.8 Å². The first-order valence-electron chi connectivity index (χ1n) is 9.57. The van der Waals surface area contributed by atoms with E-state index in [1.807, 2.05) is 59.1 Å². The third-order valence-corrected chi connectivity index (χ3v) is 6.13. The molecule has 0 radical (unpaired) electrons. The van der Waals surface area contributed by atoms with Crippen LogP contribution in [0.25, 0.3) is 28.0 Å². The van der Waals surface area contributed by atoms with Crippen molar-refractivity contribution in [3.63, 3.8) is 0 Å². The van der Waals surface area contributed by atoms with Crippen LogP contribution >= 0.6 is 0 Å². The van der Waals surface area contributed by atoms with Crippen LogP contribution in [-0.4, -0.2) is 42.3 Å². The summed E-state index contributed by atoms with van der Waals surface area (Å²) >= 11 is -1.43. The number of aromatic nitrogens is 2. The predicted molar refractivity (Wildman–Crippen MR) is 121 cm³/mol. The first kappa shape index (κ1) is 21.0. The van der Waals surface area contributed by atoms with Crippen molar-refractivity contribution in [3.05, 3.63) is 60.9 Å². The summed E-state index contributed by atoms with van der Waals surface area (Å²) in [5.41, 5.74) is 4.10. The molecule has 2 heterocycles. The molecule has 4 rings (SSSR count). The number of benzene rings is 2. The van der Waals surface area contributed by atoms with Gasteiger partial charge in [-0.15, -0.1) is 4.72 Å². The van der Waals surface area contributed by atoms with Gasteiger partial charge in [0.2, 0.25) is 4.90 Å². The van der Waals surface area contributed by atoms with Gasteiger partial charge < -0.3 is 18.8 Å². The van der Waals surface area contributed by atoms with Crippen molar-refractivity contribution >= 4 is 17.0 Å². The fourth-order valence-electron chi connectivity index (χ4n) is 3.54. The molecule has 0 bridgehead atoms. The number of fused-ring (bicyclic) bond motifs is 1. The molecular weight excluding hydrogens is 414 g/mol. The number of nitrogens with one attached hydrogen (secondary N) is 1. The normalized spacial score (nSPS) is 12.0. The van der Waals surface area contributed by atoms with E-state index in [-0.39, 0.29) is 0 Å². The molecule has 1 unspecified atom stereocenters. The van der Waals surface area contributed by atoms with Crippen molar-refractivity contribution < 1.29 is 18.8 Å². The van der Waals surface area contributed by atoms with E-state index >= 15 is 0 Å². The maximum atomic E-state index is 12.8. The van der Waals surface area contributed by atoms with Gasteiger partial charge in [0.05, 0.1) is 44.6 Å².